The Labute approximate surface area is 188 Å². The molecular formula is C26H28N2O4. The highest BCUT2D eigenvalue weighted by Crippen LogP contribution is 2.24. The molecule has 6 heteroatoms. The van der Waals surface area contributed by atoms with Gasteiger partial charge in [0.25, 0.3) is 5.91 Å². The predicted molar refractivity (Wildman–Crippen MR) is 124 cm³/mol. The molecule has 1 atom stereocenters. The normalized spacial score (nSPS) is 11.3. The number of hydrogen-bond acceptors (Lipinski definition) is 4. The maximum Gasteiger partial charge on any atom is 0.255 e. The van der Waals surface area contributed by atoms with Crippen LogP contribution in [0.1, 0.15) is 40.9 Å². The minimum Gasteiger partial charge on any atom is -0.496 e. The molecule has 0 bridgehead atoms. The molecule has 3 rings (SSSR count). The summed E-state index contributed by atoms with van der Waals surface area (Å²) in [6.45, 7) is 2.75. The summed E-state index contributed by atoms with van der Waals surface area (Å²) in [6.07, 6.45) is 0.154. The Bertz CT molecular complexity index is 1020. The highest BCUT2D eigenvalue weighted by atomic mass is 16.5. The zero-order valence-electron chi connectivity index (χ0n) is 18.3. The van der Waals surface area contributed by atoms with Crippen LogP contribution in [0.3, 0.4) is 0 Å². The lowest BCUT2D eigenvalue weighted by atomic mass is 9.98. The largest absolute Gasteiger partial charge is 0.496 e. The Hall–Kier alpha value is -3.80. The average molecular weight is 433 g/mol. The quantitative estimate of drug-likeness (QED) is 0.505. The molecule has 3 aromatic rings. The fourth-order valence-corrected chi connectivity index (χ4v) is 3.38. The highest BCUT2D eigenvalue weighted by molar-refractivity contribution is 5.97. The van der Waals surface area contributed by atoms with E-state index in [2.05, 4.69) is 10.6 Å². The van der Waals surface area contributed by atoms with Crippen LogP contribution in [0.15, 0.2) is 78.9 Å². The molecule has 0 aliphatic heterocycles. The van der Waals surface area contributed by atoms with Gasteiger partial charge >= 0.3 is 0 Å². The van der Waals surface area contributed by atoms with Gasteiger partial charge in [0.15, 0.2) is 0 Å². The van der Waals surface area contributed by atoms with Crippen molar-refractivity contribution in [1.82, 2.24) is 10.6 Å². The van der Waals surface area contributed by atoms with Gasteiger partial charge in [-0.2, -0.15) is 0 Å². The Morgan fingerprint density at radius 3 is 2.22 bits per heavy atom. The molecule has 0 aliphatic carbocycles. The van der Waals surface area contributed by atoms with Gasteiger partial charge in [-0.05, 0) is 42.3 Å². The minimum absolute atomic E-state index is 0.154. The third-order valence-electron chi connectivity index (χ3n) is 4.95. The third-order valence-corrected chi connectivity index (χ3v) is 4.95. The lowest BCUT2D eigenvalue weighted by Gasteiger charge is -2.20. The van der Waals surface area contributed by atoms with Gasteiger partial charge in [-0.3, -0.25) is 9.59 Å². The van der Waals surface area contributed by atoms with Crippen LogP contribution in [0.5, 0.6) is 11.5 Å². The van der Waals surface area contributed by atoms with Crippen molar-refractivity contribution < 1.29 is 19.1 Å². The van der Waals surface area contributed by atoms with E-state index < -0.39 is 0 Å². The minimum atomic E-state index is -0.302. The van der Waals surface area contributed by atoms with Gasteiger partial charge in [-0.15, -0.1) is 0 Å². The molecule has 2 N–H and O–H groups in total. The van der Waals surface area contributed by atoms with Crippen molar-refractivity contribution in [3.8, 4) is 11.5 Å². The van der Waals surface area contributed by atoms with Gasteiger partial charge < -0.3 is 20.1 Å². The van der Waals surface area contributed by atoms with Gasteiger partial charge in [0.05, 0.1) is 25.3 Å². The second kappa shape index (κ2) is 11.6. The Morgan fingerprint density at radius 1 is 0.875 bits per heavy atom. The summed E-state index contributed by atoms with van der Waals surface area (Å²) in [5.41, 5.74) is 2.36. The number of para-hydroxylation sites is 1. The fraction of sp³-hybridized carbons (Fsp3) is 0.231. The van der Waals surface area contributed by atoms with Crippen LogP contribution in [0, 0.1) is 0 Å². The number of nitrogens with one attached hydrogen (secondary N) is 2. The molecule has 1 unspecified atom stereocenters. The predicted octanol–water partition coefficient (Wildman–Crippen LogP) is 4.12. The van der Waals surface area contributed by atoms with Crippen LogP contribution in [-0.4, -0.2) is 32.1 Å². The standard InChI is InChI=1S/C26H28N2O4/c1-3-32-21-15-13-20(14-16-21)25(19-9-5-4-6-10-19)28-24(29)17-18-27-26(30)22-11-7-8-12-23(22)31-2/h4-16,25H,3,17-18H2,1-2H3,(H,27,30)(H,28,29). The third kappa shape index (κ3) is 6.11. The number of ether oxygens (including phenoxy) is 2. The number of methoxy groups -OCH3 is 1. The molecule has 0 fully saturated rings. The van der Waals surface area contributed by atoms with Crippen molar-refractivity contribution in [2.75, 3.05) is 20.3 Å². The molecule has 2 amide bonds. The van der Waals surface area contributed by atoms with Crippen molar-refractivity contribution >= 4 is 11.8 Å². The van der Waals surface area contributed by atoms with Gasteiger partial charge in [-0.1, -0.05) is 54.6 Å². The number of hydrogen-bond donors (Lipinski definition) is 2. The highest BCUT2D eigenvalue weighted by Gasteiger charge is 2.17. The summed E-state index contributed by atoms with van der Waals surface area (Å²) in [7, 11) is 1.52. The number of carbonyl (C=O) groups excluding carboxylic acids is 2. The van der Waals surface area contributed by atoms with Gasteiger partial charge in [0, 0.05) is 13.0 Å². The molecule has 3 aromatic carbocycles. The van der Waals surface area contributed by atoms with E-state index >= 15 is 0 Å². The van der Waals surface area contributed by atoms with Gasteiger partial charge in [-0.25, -0.2) is 0 Å². The Kier molecular flexibility index (Phi) is 8.26. The van der Waals surface area contributed by atoms with Crippen molar-refractivity contribution in [2.24, 2.45) is 0 Å². The summed E-state index contributed by atoms with van der Waals surface area (Å²) in [4.78, 5) is 25.1. The van der Waals surface area contributed by atoms with E-state index in [1.807, 2.05) is 61.5 Å². The van der Waals surface area contributed by atoms with Crippen LogP contribution in [-0.2, 0) is 4.79 Å². The van der Waals surface area contributed by atoms with E-state index in [0.29, 0.717) is 17.9 Å². The average Bonchev–Trinajstić information content (AvgIpc) is 2.84. The molecule has 166 valence electrons. The zero-order valence-corrected chi connectivity index (χ0v) is 18.3. The van der Waals surface area contributed by atoms with Crippen LogP contribution in [0.4, 0.5) is 0 Å². The van der Waals surface area contributed by atoms with E-state index in [0.717, 1.165) is 16.9 Å². The maximum absolute atomic E-state index is 12.7. The van der Waals surface area contributed by atoms with Crippen molar-refractivity contribution in [2.45, 2.75) is 19.4 Å². The topological polar surface area (TPSA) is 76.7 Å². The molecule has 0 aliphatic rings. The summed E-state index contributed by atoms with van der Waals surface area (Å²) < 4.78 is 10.7. The molecular weight excluding hydrogens is 404 g/mol. The van der Waals surface area contributed by atoms with Gasteiger partial charge in [0.2, 0.25) is 5.91 Å². The summed E-state index contributed by atoms with van der Waals surface area (Å²) in [5, 5.41) is 5.86. The van der Waals surface area contributed by atoms with Crippen LogP contribution in [0.2, 0.25) is 0 Å². The lowest BCUT2D eigenvalue weighted by Crippen LogP contribution is -2.33. The first kappa shape index (κ1) is 22.9. The number of benzene rings is 3. The molecule has 0 radical (unpaired) electrons. The van der Waals surface area contributed by atoms with E-state index in [1.54, 1.807) is 24.3 Å². The SMILES string of the molecule is CCOc1ccc(C(NC(=O)CCNC(=O)c2ccccc2OC)c2ccccc2)cc1. The Balaban J connectivity index is 1.63. The van der Waals surface area contributed by atoms with Crippen LogP contribution >= 0.6 is 0 Å². The smallest absolute Gasteiger partial charge is 0.255 e. The first-order valence-corrected chi connectivity index (χ1v) is 10.6. The van der Waals surface area contributed by atoms with Crippen LogP contribution < -0.4 is 20.1 Å². The molecule has 0 heterocycles. The monoisotopic (exact) mass is 432 g/mol. The second-order valence-electron chi connectivity index (χ2n) is 7.12. The number of carbonyl (C=O) groups is 2. The zero-order chi connectivity index (χ0) is 22.8. The summed E-state index contributed by atoms with van der Waals surface area (Å²) in [5.74, 6) is 0.844. The lowest BCUT2D eigenvalue weighted by molar-refractivity contribution is -0.121. The van der Waals surface area contributed by atoms with Crippen molar-refractivity contribution in [1.29, 1.82) is 0 Å². The molecule has 32 heavy (non-hydrogen) atoms. The maximum atomic E-state index is 12.7. The summed E-state index contributed by atoms with van der Waals surface area (Å²) in [6, 6.07) is 24.1. The van der Waals surface area contributed by atoms with Gasteiger partial charge in [0.1, 0.15) is 11.5 Å². The van der Waals surface area contributed by atoms with E-state index in [4.69, 9.17) is 9.47 Å². The van der Waals surface area contributed by atoms with Crippen molar-refractivity contribution in [3.63, 3.8) is 0 Å². The molecule has 0 saturated heterocycles. The Morgan fingerprint density at radius 2 is 1.53 bits per heavy atom. The number of amides is 2. The first-order chi connectivity index (χ1) is 15.6. The molecule has 0 aromatic heterocycles. The first-order valence-electron chi connectivity index (χ1n) is 10.6. The summed E-state index contributed by atoms with van der Waals surface area (Å²) >= 11 is 0. The molecule has 0 spiro atoms. The van der Waals surface area contributed by atoms with E-state index in [9.17, 15) is 9.59 Å². The van der Waals surface area contributed by atoms with Crippen molar-refractivity contribution in [3.05, 3.63) is 95.6 Å². The second-order valence-corrected chi connectivity index (χ2v) is 7.12. The molecule has 0 saturated carbocycles. The number of rotatable bonds is 10. The van der Waals surface area contributed by atoms with E-state index in [1.165, 1.54) is 7.11 Å². The molecule has 6 nitrogen and oxygen atoms in total. The van der Waals surface area contributed by atoms with Crippen LogP contribution in [0.25, 0.3) is 0 Å². The van der Waals surface area contributed by atoms with E-state index in [-0.39, 0.29) is 30.8 Å². The fourth-order valence-electron chi connectivity index (χ4n) is 3.38.